The largest absolute Gasteiger partial charge is 0.458 e. The maximum absolute atomic E-state index is 13.2. The van der Waals surface area contributed by atoms with Crippen molar-refractivity contribution in [3.05, 3.63) is 11.6 Å². The Balaban J connectivity index is 1.56. The number of fused-ring (bicyclic) bond motifs is 5. The molecule has 34 heavy (non-hydrogen) atoms. The lowest BCUT2D eigenvalue weighted by Crippen LogP contribution is -2.55. The van der Waals surface area contributed by atoms with Gasteiger partial charge in [-0.05, 0) is 79.6 Å². The van der Waals surface area contributed by atoms with Crippen molar-refractivity contribution in [1.82, 2.24) is 0 Å². The molecular weight excluding hydrogens is 448 g/mol. The molecule has 0 amide bonds. The molecule has 5 nitrogen and oxygen atoms in total. The molecule has 0 aromatic heterocycles. The lowest BCUT2D eigenvalue weighted by Gasteiger charge is -2.60. The van der Waals surface area contributed by atoms with E-state index in [1.807, 2.05) is 13.0 Å². The summed E-state index contributed by atoms with van der Waals surface area (Å²) in [6.45, 7) is 8.18. The first-order valence-electron chi connectivity index (χ1n) is 13.2. The third-order valence-electron chi connectivity index (χ3n) is 9.78. The number of ether oxygens (including phenoxy) is 1. The average Bonchev–Trinajstić information content (AvgIpc) is 3.14. The van der Waals surface area contributed by atoms with Gasteiger partial charge >= 0.3 is 5.97 Å². The SMILES string of the molecule is CCCCC(=O)OCC(=O)[C@H]1CC[C@H]2[C@@H]3[C@H](SC(C)=O)CC4=CC(=O)CC[C@]4(C)[C@H]3CC[C@]12C. The summed E-state index contributed by atoms with van der Waals surface area (Å²) in [5, 5.41) is 0.296. The average molecular weight is 489 g/mol. The highest BCUT2D eigenvalue weighted by atomic mass is 32.2. The smallest absolute Gasteiger partial charge is 0.306 e. The van der Waals surface area contributed by atoms with Crippen LogP contribution in [0.3, 0.4) is 0 Å². The Morgan fingerprint density at radius 1 is 1.12 bits per heavy atom. The molecule has 0 spiro atoms. The number of allylic oxidation sites excluding steroid dienone is 1. The number of thioether (sulfide) groups is 1. The third kappa shape index (κ3) is 4.56. The molecule has 0 aromatic carbocycles. The summed E-state index contributed by atoms with van der Waals surface area (Å²) in [6, 6.07) is 0. The summed E-state index contributed by atoms with van der Waals surface area (Å²) in [5.41, 5.74) is 1.15. The lowest BCUT2D eigenvalue weighted by molar-refractivity contribution is -0.151. The predicted molar refractivity (Wildman–Crippen MR) is 133 cm³/mol. The number of hydrogen-bond donors (Lipinski definition) is 0. The Kier molecular flexibility index (Phi) is 7.48. The van der Waals surface area contributed by atoms with Crippen molar-refractivity contribution < 1.29 is 23.9 Å². The van der Waals surface area contributed by atoms with E-state index >= 15 is 0 Å². The molecule has 3 fully saturated rings. The molecule has 0 radical (unpaired) electrons. The van der Waals surface area contributed by atoms with E-state index in [1.54, 1.807) is 6.92 Å². The normalized spacial score (nSPS) is 38.9. The molecule has 0 aromatic rings. The molecule has 4 rings (SSSR count). The third-order valence-corrected chi connectivity index (χ3v) is 10.9. The molecule has 3 saturated carbocycles. The van der Waals surface area contributed by atoms with Crippen LogP contribution in [0.1, 0.15) is 91.9 Å². The number of unbranched alkanes of at least 4 members (excludes halogenated alkanes) is 1. The Morgan fingerprint density at radius 2 is 1.88 bits per heavy atom. The summed E-state index contributed by atoms with van der Waals surface area (Å²) < 4.78 is 5.34. The van der Waals surface area contributed by atoms with Crippen molar-refractivity contribution in [2.75, 3.05) is 6.61 Å². The van der Waals surface area contributed by atoms with Crippen LogP contribution in [0.4, 0.5) is 0 Å². The van der Waals surface area contributed by atoms with E-state index in [4.69, 9.17) is 4.74 Å². The fourth-order valence-electron chi connectivity index (χ4n) is 8.01. The Hall–Kier alpha value is -1.43. The van der Waals surface area contributed by atoms with Gasteiger partial charge in [0.05, 0.1) is 0 Å². The summed E-state index contributed by atoms with van der Waals surface area (Å²) in [5.74, 6) is 1.11. The van der Waals surface area contributed by atoms with Gasteiger partial charge in [0, 0.05) is 30.9 Å². The van der Waals surface area contributed by atoms with E-state index < -0.39 is 0 Å². The van der Waals surface area contributed by atoms with Gasteiger partial charge in [0.15, 0.2) is 16.7 Å². The van der Waals surface area contributed by atoms with Crippen LogP contribution in [0.25, 0.3) is 0 Å². The minimum Gasteiger partial charge on any atom is -0.458 e. The summed E-state index contributed by atoms with van der Waals surface area (Å²) in [7, 11) is 0. The quantitative estimate of drug-likeness (QED) is 0.428. The maximum Gasteiger partial charge on any atom is 0.306 e. The van der Waals surface area contributed by atoms with E-state index in [0.717, 1.165) is 51.4 Å². The number of rotatable bonds is 7. The molecule has 0 aliphatic heterocycles. The van der Waals surface area contributed by atoms with Crippen LogP contribution >= 0.6 is 11.8 Å². The van der Waals surface area contributed by atoms with Gasteiger partial charge in [0.25, 0.3) is 0 Å². The van der Waals surface area contributed by atoms with Crippen molar-refractivity contribution in [3.8, 4) is 0 Å². The second-order valence-corrected chi connectivity index (χ2v) is 13.0. The van der Waals surface area contributed by atoms with Gasteiger partial charge in [-0.3, -0.25) is 19.2 Å². The molecule has 0 N–H and O–H groups in total. The topological polar surface area (TPSA) is 77.5 Å². The van der Waals surface area contributed by atoms with Gasteiger partial charge in [-0.25, -0.2) is 0 Å². The van der Waals surface area contributed by atoms with Gasteiger partial charge < -0.3 is 4.74 Å². The van der Waals surface area contributed by atoms with Crippen molar-refractivity contribution in [1.29, 1.82) is 0 Å². The molecule has 6 heteroatoms. The number of carbonyl (C=O) groups is 4. The van der Waals surface area contributed by atoms with Gasteiger partial charge in [0.1, 0.15) is 6.61 Å². The van der Waals surface area contributed by atoms with E-state index in [2.05, 4.69) is 13.8 Å². The second kappa shape index (κ2) is 9.91. The molecule has 0 unspecified atom stereocenters. The zero-order chi connectivity index (χ0) is 24.7. The standard InChI is InChI=1S/C28H40O5S/c1-5-6-7-25(32)33-16-23(31)20-8-9-21-26-22(11-13-28(20,21)4)27(3)12-10-19(30)14-18(27)15-24(26)34-17(2)29/h14,20-22,24,26H,5-13,15-16H2,1-4H3/t20-,21+,22+,24-,26+,27+,28-/m1/s1. The Labute approximate surface area is 208 Å². The highest BCUT2D eigenvalue weighted by Crippen LogP contribution is 2.68. The highest BCUT2D eigenvalue weighted by Gasteiger charge is 2.62. The zero-order valence-corrected chi connectivity index (χ0v) is 22.0. The zero-order valence-electron chi connectivity index (χ0n) is 21.2. The van der Waals surface area contributed by atoms with Crippen LogP contribution in [0.2, 0.25) is 0 Å². The molecule has 0 saturated heterocycles. The van der Waals surface area contributed by atoms with Crippen molar-refractivity contribution in [3.63, 3.8) is 0 Å². The van der Waals surface area contributed by atoms with E-state index in [-0.39, 0.29) is 51.3 Å². The first-order valence-corrected chi connectivity index (χ1v) is 14.1. The number of ketones is 2. The van der Waals surface area contributed by atoms with Crippen LogP contribution in [0, 0.1) is 34.5 Å². The van der Waals surface area contributed by atoms with Crippen LogP contribution in [-0.4, -0.2) is 34.5 Å². The van der Waals surface area contributed by atoms with E-state index in [0.29, 0.717) is 30.6 Å². The molecule has 7 atom stereocenters. The van der Waals surface area contributed by atoms with E-state index in [9.17, 15) is 19.2 Å². The van der Waals surface area contributed by atoms with Crippen molar-refractivity contribution >= 4 is 34.4 Å². The van der Waals surface area contributed by atoms with Gasteiger partial charge in [0.2, 0.25) is 0 Å². The lowest BCUT2D eigenvalue weighted by atomic mass is 9.46. The Morgan fingerprint density at radius 3 is 2.59 bits per heavy atom. The van der Waals surface area contributed by atoms with E-state index in [1.165, 1.54) is 17.3 Å². The Bertz CT molecular complexity index is 893. The monoisotopic (exact) mass is 488 g/mol. The number of carbonyl (C=O) groups excluding carboxylic acids is 4. The summed E-state index contributed by atoms with van der Waals surface area (Å²) >= 11 is 1.45. The van der Waals surface area contributed by atoms with Crippen LogP contribution in [0.5, 0.6) is 0 Å². The first kappa shape index (κ1) is 25.7. The molecule has 4 aliphatic rings. The van der Waals surface area contributed by atoms with Crippen LogP contribution in [0.15, 0.2) is 11.6 Å². The summed E-state index contributed by atoms with van der Waals surface area (Å²) in [4.78, 5) is 49.7. The number of hydrogen-bond acceptors (Lipinski definition) is 6. The van der Waals surface area contributed by atoms with Crippen molar-refractivity contribution in [2.24, 2.45) is 34.5 Å². The minimum absolute atomic E-state index is 0.0185. The minimum atomic E-state index is -0.275. The molecule has 0 heterocycles. The molecule has 0 bridgehead atoms. The van der Waals surface area contributed by atoms with Gasteiger partial charge in [-0.1, -0.05) is 44.5 Å². The van der Waals surface area contributed by atoms with Gasteiger partial charge in [-0.2, -0.15) is 0 Å². The number of esters is 1. The van der Waals surface area contributed by atoms with Crippen molar-refractivity contribution in [2.45, 2.75) is 97.2 Å². The molecular formula is C28H40O5S. The van der Waals surface area contributed by atoms with Crippen LogP contribution < -0.4 is 0 Å². The number of Topliss-reactive ketones (excluding diaryl/α,β-unsaturated/α-hetero) is 1. The fraction of sp³-hybridized carbons (Fsp3) is 0.786. The predicted octanol–water partition coefficient (Wildman–Crippen LogP) is 5.70. The highest BCUT2D eigenvalue weighted by molar-refractivity contribution is 8.14. The second-order valence-electron chi connectivity index (χ2n) is 11.6. The first-order chi connectivity index (χ1) is 16.1. The van der Waals surface area contributed by atoms with Gasteiger partial charge in [-0.15, -0.1) is 0 Å². The summed E-state index contributed by atoms with van der Waals surface area (Å²) in [6.07, 6.45) is 10.1. The maximum atomic E-state index is 13.2. The molecule has 4 aliphatic carbocycles. The molecule has 188 valence electrons. The van der Waals surface area contributed by atoms with Crippen LogP contribution in [-0.2, 0) is 23.9 Å². The fourth-order valence-corrected chi connectivity index (χ4v) is 9.23.